The molecule has 1 nitrogen and oxygen atoms in total. The van der Waals surface area contributed by atoms with Crippen molar-refractivity contribution in [2.45, 2.75) is 46.0 Å². The highest BCUT2D eigenvalue weighted by Crippen LogP contribution is 2.50. The van der Waals surface area contributed by atoms with Crippen LogP contribution in [0, 0.1) is 25.7 Å². The van der Waals surface area contributed by atoms with E-state index >= 15 is 0 Å². The van der Waals surface area contributed by atoms with Crippen molar-refractivity contribution in [3.05, 3.63) is 34.9 Å². The predicted molar refractivity (Wildman–Crippen MR) is 79.1 cm³/mol. The maximum Gasteiger partial charge on any atom is 0.00833 e. The lowest BCUT2D eigenvalue weighted by Gasteiger charge is -2.50. The summed E-state index contributed by atoms with van der Waals surface area (Å²) in [7, 11) is 2.08. The van der Waals surface area contributed by atoms with E-state index in [9.17, 15) is 0 Å². The lowest BCUT2D eigenvalue weighted by Crippen LogP contribution is -2.49. The van der Waals surface area contributed by atoms with Crippen molar-refractivity contribution >= 4 is 0 Å². The van der Waals surface area contributed by atoms with Crippen LogP contribution in [0.5, 0.6) is 0 Å². The first-order valence-corrected chi connectivity index (χ1v) is 7.20. The third-order valence-corrected chi connectivity index (χ3v) is 4.60. The van der Waals surface area contributed by atoms with Crippen LogP contribution in [-0.2, 0) is 5.41 Å². The molecule has 1 aromatic carbocycles. The SMILES string of the molecule is CNCC1(c2cc(C)cc(C)c2)CC(C(C)C)C1. The number of benzene rings is 1. The van der Waals surface area contributed by atoms with Crippen molar-refractivity contribution in [2.75, 3.05) is 13.6 Å². The van der Waals surface area contributed by atoms with Gasteiger partial charge in [-0.05, 0) is 51.1 Å². The molecule has 0 atom stereocenters. The van der Waals surface area contributed by atoms with Crippen molar-refractivity contribution in [3.8, 4) is 0 Å². The highest BCUT2D eigenvalue weighted by Gasteiger charge is 2.45. The summed E-state index contributed by atoms with van der Waals surface area (Å²) in [6, 6.07) is 7.05. The van der Waals surface area contributed by atoms with E-state index in [1.54, 1.807) is 5.56 Å². The fourth-order valence-corrected chi connectivity index (χ4v) is 3.52. The summed E-state index contributed by atoms with van der Waals surface area (Å²) in [5, 5.41) is 3.41. The summed E-state index contributed by atoms with van der Waals surface area (Å²) in [5.41, 5.74) is 4.73. The molecule has 18 heavy (non-hydrogen) atoms. The molecule has 0 amide bonds. The zero-order valence-electron chi connectivity index (χ0n) is 12.5. The van der Waals surface area contributed by atoms with E-state index in [0.29, 0.717) is 5.41 Å². The zero-order valence-corrected chi connectivity index (χ0v) is 12.5. The summed E-state index contributed by atoms with van der Waals surface area (Å²) in [5.74, 6) is 1.72. The van der Waals surface area contributed by atoms with E-state index in [-0.39, 0.29) is 0 Å². The Kier molecular flexibility index (Phi) is 3.82. The van der Waals surface area contributed by atoms with Crippen LogP contribution in [0.2, 0.25) is 0 Å². The molecule has 0 bridgehead atoms. The van der Waals surface area contributed by atoms with E-state index in [4.69, 9.17) is 0 Å². The van der Waals surface area contributed by atoms with Gasteiger partial charge in [0.05, 0.1) is 0 Å². The molecule has 2 rings (SSSR count). The number of aryl methyl sites for hydroxylation is 2. The predicted octanol–water partition coefficient (Wildman–Crippen LogP) is 3.83. The summed E-state index contributed by atoms with van der Waals surface area (Å²) in [6.07, 6.45) is 2.68. The van der Waals surface area contributed by atoms with Gasteiger partial charge in [0.25, 0.3) is 0 Å². The lowest BCUT2D eigenvalue weighted by molar-refractivity contribution is 0.0995. The maximum absolute atomic E-state index is 3.41. The molecule has 0 aliphatic heterocycles. The fraction of sp³-hybridized carbons (Fsp3) is 0.647. The standard InChI is InChI=1S/C17H27N/c1-12(2)15-9-17(10-15,11-18-5)16-7-13(3)6-14(4)8-16/h6-8,12,15,18H,9-11H2,1-5H3. The molecule has 1 aliphatic carbocycles. The largest absolute Gasteiger partial charge is 0.319 e. The van der Waals surface area contributed by atoms with E-state index in [1.807, 2.05) is 0 Å². The minimum atomic E-state index is 0.389. The molecule has 1 fully saturated rings. The van der Waals surface area contributed by atoms with Crippen LogP contribution >= 0.6 is 0 Å². The van der Waals surface area contributed by atoms with Gasteiger partial charge in [-0.25, -0.2) is 0 Å². The Morgan fingerprint density at radius 1 is 1.17 bits per heavy atom. The van der Waals surface area contributed by atoms with Crippen molar-refractivity contribution in [3.63, 3.8) is 0 Å². The van der Waals surface area contributed by atoms with Crippen LogP contribution in [-0.4, -0.2) is 13.6 Å². The van der Waals surface area contributed by atoms with Crippen LogP contribution < -0.4 is 5.32 Å². The molecule has 100 valence electrons. The molecule has 1 aromatic rings. The van der Waals surface area contributed by atoms with Crippen LogP contribution in [0.3, 0.4) is 0 Å². The van der Waals surface area contributed by atoms with Crippen molar-refractivity contribution in [1.82, 2.24) is 5.32 Å². The molecule has 0 radical (unpaired) electrons. The fourth-order valence-electron chi connectivity index (χ4n) is 3.52. The topological polar surface area (TPSA) is 12.0 Å². The van der Waals surface area contributed by atoms with Gasteiger partial charge >= 0.3 is 0 Å². The molecule has 0 heterocycles. The average molecular weight is 245 g/mol. The molecule has 0 aromatic heterocycles. The molecule has 0 spiro atoms. The van der Waals surface area contributed by atoms with Gasteiger partial charge in [-0.2, -0.15) is 0 Å². The Balaban J connectivity index is 2.26. The number of hydrogen-bond acceptors (Lipinski definition) is 1. The minimum absolute atomic E-state index is 0.389. The normalized spacial score (nSPS) is 27.3. The number of hydrogen-bond donors (Lipinski definition) is 1. The first-order chi connectivity index (χ1) is 8.47. The minimum Gasteiger partial charge on any atom is -0.319 e. The smallest absolute Gasteiger partial charge is 0.00833 e. The number of nitrogens with one attached hydrogen (secondary N) is 1. The van der Waals surface area contributed by atoms with Crippen LogP contribution in [0.15, 0.2) is 18.2 Å². The molecule has 1 N–H and O–H groups in total. The highest BCUT2D eigenvalue weighted by atomic mass is 14.8. The summed E-state index contributed by atoms with van der Waals surface area (Å²) < 4.78 is 0. The van der Waals surface area contributed by atoms with E-state index < -0.39 is 0 Å². The van der Waals surface area contributed by atoms with Crippen molar-refractivity contribution < 1.29 is 0 Å². The molecule has 1 saturated carbocycles. The van der Waals surface area contributed by atoms with Gasteiger partial charge in [0.1, 0.15) is 0 Å². The van der Waals surface area contributed by atoms with Gasteiger partial charge < -0.3 is 5.32 Å². The van der Waals surface area contributed by atoms with Crippen LogP contribution in [0.1, 0.15) is 43.4 Å². The summed E-state index contributed by atoms with van der Waals surface area (Å²) >= 11 is 0. The molecule has 1 heteroatoms. The van der Waals surface area contributed by atoms with Gasteiger partial charge in [-0.1, -0.05) is 43.2 Å². The quantitative estimate of drug-likeness (QED) is 0.850. The van der Waals surface area contributed by atoms with Gasteiger partial charge in [-0.15, -0.1) is 0 Å². The average Bonchev–Trinajstić information content (AvgIpc) is 2.20. The Morgan fingerprint density at radius 2 is 1.72 bits per heavy atom. The Hall–Kier alpha value is -0.820. The molecule has 1 aliphatic rings. The first kappa shape index (κ1) is 13.6. The first-order valence-electron chi connectivity index (χ1n) is 7.20. The monoisotopic (exact) mass is 245 g/mol. The third kappa shape index (κ3) is 2.47. The molecular weight excluding hydrogens is 218 g/mol. The van der Waals surface area contributed by atoms with Gasteiger partial charge in [0.15, 0.2) is 0 Å². The maximum atomic E-state index is 3.41. The van der Waals surface area contributed by atoms with Gasteiger partial charge in [-0.3, -0.25) is 0 Å². The second-order valence-corrected chi connectivity index (χ2v) is 6.60. The lowest BCUT2D eigenvalue weighted by atomic mass is 9.55. The number of rotatable bonds is 4. The molecule has 0 unspecified atom stereocenters. The zero-order chi connectivity index (χ0) is 13.3. The van der Waals surface area contributed by atoms with Crippen molar-refractivity contribution in [2.24, 2.45) is 11.8 Å². The summed E-state index contributed by atoms with van der Waals surface area (Å²) in [4.78, 5) is 0. The Morgan fingerprint density at radius 3 is 2.17 bits per heavy atom. The van der Waals surface area contributed by atoms with Gasteiger partial charge in [0, 0.05) is 12.0 Å². The van der Waals surface area contributed by atoms with E-state index in [2.05, 4.69) is 58.3 Å². The molecular formula is C17H27N. The highest BCUT2D eigenvalue weighted by molar-refractivity contribution is 5.36. The van der Waals surface area contributed by atoms with Crippen LogP contribution in [0.25, 0.3) is 0 Å². The summed E-state index contributed by atoms with van der Waals surface area (Å²) in [6.45, 7) is 10.2. The third-order valence-electron chi connectivity index (χ3n) is 4.60. The van der Waals surface area contributed by atoms with Gasteiger partial charge in [0.2, 0.25) is 0 Å². The van der Waals surface area contributed by atoms with E-state index in [0.717, 1.165) is 18.4 Å². The van der Waals surface area contributed by atoms with E-state index in [1.165, 1.54) is 24.0 Å². The van der Waals surface area contributed by atoms with Crippen molar-refractivity contribution in [1.29, 1.82) is 0 Å². The Bertz CT molecular complexity index is 393. The Labute approximate surface area is 112 Å². The second-order valence-electron chi connectivity index (χ2n) is 6.60. The molecule has 0 saturated heterocycles. The second kappa shape index (κ2) is 5.05. The number of likely N-dealkylation sites (N-methyl/N-ethyl adjacent to an activating group) is 1. The van der Waals surface area contributed by atoms with Crippen LogP contribution in [0.4, 0.5) is 0 Å².